The van der Waals surface area contributed by atoms with E-state index in [-0.39, 0.29) is 25.0 Å². The molecule has 0 aliphatic carbocycles. The Bertz CT molecular complexity index is 950. The van der Waals surface area contributed by atoms with Crippen molar-refractivity contribution >= 4 is 27.3 Å². The second-order valence-electron chi connectivity index (χ2n) is 6.55. The van der Waals surface area contributed by atoms with E-state index in [1.165, 1.54) is 0 Å². The van der Waals surface area contributed by atoms with Crippen LogP contribution in [0.1, 0.15) is 6.92 Å². The van der Waals surface area contributed by atoms with Crippen molar-refractivity contribution in [3.8, 4) is 11.5 Å². The van der Waals surface area contributed by atoms with Crippen LogP contribution in [0, 0.1) is 0 Å². The quantitative estimate of drug-likeness (QED) is 0.667. The predicted octanol–water partition coefficient (Wildman–Crippen LogP) is 1.82. The number of rotatable bonds is 9. The van der Waals surface area contributed by atoms with Gasteiger partial charge in [0.25, 0.3) is 0 Å². The van der Waals surface area contributed by atoms with Gasteiger partial charge in [-0.25, -0.2) is 8.42 Å². The van der Waals surface area contributed by atoms with Gasteiger partial charge in [0.1, 0.15) is 6.54 Å². The Hall–Kier alpha value is -2.94. The summed E-state index contributed by atoms with van der Waals surface area (Å²) in [6.45, 7) is 2.33. The smallest absolute Gasteiger partial charge is 0.240 e. The zero-order valence-electron chi connectivity index (χ0n) is 16.5. The molecule has 8 nitrogen and oxygen atoms in total. The molecule has 1 aliphatic rings. The summed E-state index contributed by atoms with van der Waals surface area (Å²) in [7, 11) is -1.71. The van der Waals surface area contributed by atoms with E-state index in [0.717, 1.165) is 9.99 Å². The summed E-state index contributed by atoms with van der Waals surface area (Å²) in [5.74, 6) is 0.520. The number of carbonyl (C=O) groups is 1. The maximum Gasteiger partial charge on any atom is 0.240 e. The number of hydrogen-bond acceptors (Lipinski definition) is 6. The molecule has 0 aromatic heterocycles. The van der Waals surface area contributed by atoms with Crippen molar-refractivity contribution in [2.75, 3.05) is 48.4 Å². The summed E-state index contributed by atoms with van der Waals surface area (Å²) in [5, 5.41) is 2.79. The van der Waals surface area contributed by atoms with Gasteiger partial charge in [-0.15, -0.1) is 0 Å². The van der Waals surface area contributed by atoms with Gasteiger partial charge >= 0.3 is 0 Å². The second-order valence-corrected chi connectivity index (χ2v) is 8.73. The van der Waals surface area contributed by atoms with Gasteiger partial charge in [0.05, 0.1) is 11.4 Å². The van der Waals surface area contributed by atoms with Crippen molar-refractivity contribution in [1.82, 2.24) is 5.32 Å². The summed E-state index contributed by atoms with van der Waals surface area (Å²) in [6, 6.07) is 14.6. The first-order chi connectivity index (χ1) is 13.9. The predicted molar refractivity (Wildman–Crippen MR) is 112 cm³/mol. The van der Waals surface area contributed by atoms with Crippen molar-refractivity contribution in [3.63, 3.8) is 0 Å². The number of fused-ring (bicyclic) bond motifs is 1. The molecule has 0 fully saturated rings. The van der Waals surface area contributed by atoms with Crippen LogP contribution in [0.25, 0.3) is 0 Å². The fourth-order valence-electron chi connectivity index (χ4n) is 2.91. The first-order valence-corrected chi connectivity index (χ1v) is 10.9. The molecule has 2 aromatic carbocycles. The number of para-hydroxylation sites is 1. The number of carbonyl (C=O) groups excluding carboxylic acids is 1. The normalized spacial score (nSPS) is 12.5. The fourth-order valence-corrected chi connectivity index (χ4v) is 3.97. The molecule has 0 atom stereocenters. The summed E-state index contributed by atoms with van der Waals surface area (Å²) in [6.07, 6.45) is 0. The molecule has 0 saturated heterocycles. The molecule has 0 saturated carbocycles. The molecule has 1 N–H and O–H groups in total. The molecule has 156 valence electrons. The van der Waals surface area contributed by atoms with E-state index in [4.69, 9.17) is 9.47 Å². The maximum absolute atomic E-state index is 12.6. The standard InChI is InChI=1S/C20H25N3O5S/c1-3-29(25,26)23(17-9-10-18-19(13-17)28-15-27-18)14-20(24)21-11-12-22(2)16-7-5-4-6-8-16/h4-10,13H,3,11-12,14-15H2,1-2H3,(H,21,24). The van der Waals surface area contributed by atoms with E-state index in [2.05, 4.69) is 5.32 Å². The average molecular weight is 420 g/mol. The van der Waals surface area contributed by atoms with Gasteiger partial charge < -0.3 is 19.7 Å². The van der Waals surface area contributed by atoms with Gasteiger partial charge in [-0.3, -0.25) is 9.10 Å². The molecule has 0 radical (unpaired) electrons. The molecule has 3 rings (SSSR count). The minimum absolute atomic E-state index is 0.0920. The Kier molecular flexibility index (Phi) is 6.48. The van der Waals surface area contributed by atoms with Crippen molar-refractivity contribution in [1.29, 1.82) is 0 Å². The highest BCUT2D eigenvalue weighted by Gasteiger charge is 2.25. The zero-order valence-corrected chi connectivity index (χ0v) is 17.3. The van der Waals surface area contributed by atoms with Crippen LogP contribution in [-0.2, 0) is 14.8 Å². The number of amides is 1. The summed E-state index contributed by atoms with van der Waals surface area (Å²) < 4.78 is 36.8. The fraction of sp³-hybridized carbons (Fsp3) is 0.350. The van der Waals surface area contributed by atoms with Crippen molar-refractivity contribution in [3.05, 3.63) is 48.5 Å². The lowest BCUT2D eigenvalue weighted by Crippen LogP contribution is -2.43. The molecule has 1 aliphatic heterocycles. The van der Waals surface area contributed by atoms with Gasteiger partial charge in [-0.2, -0.15) is 0 Å². The Morgan fingerprint density at radius 1 is 1.07 bits per heavy atom. The van der Waals surface area contributed by atoms with Crippen LogP contribution in [0.4, 0.5) is 11.4 Å². The van der Waals surface area contributed by atoms with E-state index in [1.807, 2.05) is 42.3 Å². The van der Waals surface area contributed by atoms with Gasteiger partial charge in [0.15, 0.2) is 11.5 Å². The molecular formula is C20H25N3O5S. The van der Waals surface area contributed by atoms with E-state index < -0.39 is 10.0 Å². The maximum atomic E-state index is 12.6. The van der Waals surface area contributed by atoms with Crippen molar-refractivity contribution in [2.24, 2.45) is 0 Å². The molecule has 29 heavy (non-hydrogen) atoms. The van der Waals surface area contributed by atoms with Crippen LogP contribution in [0.2, 0.25) is 0 Å². The highest BCUT2D eigenvalue weighted by molar-refractivity contribution is 7.92. The minimum Gasteiger partial charge on any atom is -0.454 e. The van der Waals surface area contributed by atoms with E-state index in [0.29, 0.717) is 30.3 Å². The van der Waals surface area contributed by atoms with Crippen LogP contribution in [0.3, 0.4) is 0 Å². The van der Waals surface area contributed by atoms with Crippen LogP contribution >= 0.6 is 0 Å². The lowest BCUT2D eigenvalue weighted by atomic mass is 10.2. The summed E-state index contributed by atoms with van der Waals surface area (Å²) in [5.41, 5.74) is 1.41. The molecule has 1 amide bonds. The number of benzene rings is 2. The molecule has 9 heteroatoms. The Morgan fingerprint density at radius 2 is 1.79 bits per heavy atom. The molecule has 2 aromatic rings. The first kappa shape index (κ1) is 20.8. The van der Waals surface area contributed by atoms with Crippen LogP contribution in [0.15, 0.2) is 48.5 Å². The number of likely N-dealkylation sites (N-methyl/N-ethyl adjacent to an activating group) is 1. The molecular weight excluding hydrogens is 394 g/mol. The van der Waals surface area contributed by atoms with Gasteiger partial charge in [-0.1, -0.05) is 18.2 Å². The van der Waals surface area contributed by atoms with Crippen LogP contribution in [0.5, 0.6) is 11.5 Å². The lowest BCUT2D eigenvalue weighted by Gasteiger charge is -2.24. The summed E-state index contributed by atoms with van der Waals surface area (Å²) >= 11 is 0. The topological polar surface area (TPSA) is 88.2 Å². The number of anilines is 2. The zero-order chi connectivity index (χ0) is 20.9. The first-order valence-electron chi connectivity index (χ1n) is 9.33. The van der Waals surface area contributed by atoms with E-state index in [9.17, 15) is 13.2 Å². The largest absolute Gasteiger partial charge is 0.454 e. The third-order valence-corrected chi connectivity index (χ3v) is 6.34. The molecule has 0 unspecified atom stereocenters. The summed E-state index contributed by atoms with van der Waals surface area (Å²) in [4.78, 5) is 14.5. The highest BCUT2D eigenvalue weighted by atomic mass is 32.2. The van der Waals surface area contributed by atoms with Crippen LogP contribution < -0.4 is 24.0 Å². The van der Waals surface area contributed by atoms with Gasteiger partial charge in [0.2, 0.25) is 22.7 Å². The van der Waals surface area contributed by atoms with Gasteiger partial charge in [0, 0.05) is 31.9 Å². The Balaban J connectivity index is 1.63. The van der Waals surface area contributed by atoms with E-state index in [1.54, 1.807) is 25.1 Å². The molecule has 0 spiro atoms. The highest BCUT2D eigenvalue weighted by Crippen LogP contribution is 2.36. The van der Waals surface area contributed by atoms with Crippen LogP contribution in [-0.4, -0.2) is 53.6 Å². The third kappa shape index (κ3) is 5.11. The second kappa shape index (κ2) is 9.04. The number of nitrogens with zero attached hydrogens (tertiary/aromatic N) is 2. The minimum atomic E-state index is -3.64. The number of ether oxygens (including phenoxy) is 2. The molecule has 0 bridgehead atoms. The SMILES string of the molecule is CCS(=O)(=O)N(CC(=O)NCCN(C)c1ccccc1)c1ccc2c(c1)OCO2. The Labute approximate surface area is 171 Å². The van der Waals surface area contributed by atoms with Gasteiger partial charge in [-0.05, 0) is 31.2 Å². The van der Waals surface area contributed by atoms with Crippen molar-refractivity contribution in [2.45, 2.75) is 6.92 Å². The monoisotopic (exact) mass is 419 g/mol. The average Bonchev–Trinajstić information content (AvgIpc) is 3.20. The number of hydrogen-bond donors (Lipinski definition) is 1. The molecule has 1 heterocycles. The van der Waals surface area contributed by atoms with Crippen molar-refractivity contribution < 1.29 is 22.7 Å². The lowest BCUT2D eigenvalue weighted by molar-refractivity contribution is -0.119. The van der Waals surface area contributed by atoms with E-state index >= 15 is 0 Å². The Morgan fingerprint density at radius 3 is 2.52 bits per heavy atom. The number of sulfonamides is 1. The third-order valence-electron chi connectivity index (χ3n) is 4.60. The number of nitrogens with one attached hydrogen (secondary N) is 1.